The first kappa shape index (κ1) is 26.0. The molecule has 0 atom stereocenters. The zero-order valence-electron chi connectivity index (χ0n) is 20.9. The van der Waals surface area contributed by atoms with E-state index in [1.165, 1.54) is 12.4 Å². The number of hydrogen-bond acceptors (Lipinski definition) is 7. The van der Waals surface area contributed by atoms with E-state index >= 15 is 0 Å². The van der Waals surface area contributed by atoms with Crippen LogP contribution in [0.5, 0.6) is 0 Å². The van der Waals surface area contributed by atoms with Gasteiger partial charge in [-0.2, -0.15) is 0 Å². The number of anilines is 3. The summed E-state index contributed by atoms with van der Waals surface area (Å²) in [5.74, 6) is 3.58. The van der Waals surface area contributed by atoms with Gasteiger partial charge in [-0.25, -0.2) is 23.7 Å². The van der Waals surface area contributed by atoms with Crippen molar-refractivity contribution < 1.29 is 13.6 Å². The van der Waals surface area contributed by atoms with Crippen LogP contribution in [0.1, 0.15) is 21.5 Å². The van der Waals surface area contributed by atoms with E-state index in [-0.39, 0.29) is 18.7 Å². The molecular formula is C29H21F2N7O2. The SMILES string of the molecule is Nc1ccc(Nc2ncc3cc(C#CCNC(=O)c4cncn(Cc5ccc(F)c(F)c5)c4=O)ccc3n2)cc1. The Labute approximate surface area is 226 Å². The van der Waals surface area contributed by atoms with Crippen LogP contribution in [0.15, 0.2) is 84.2 Å². The first-order valence-electron chi connectivity index (χ1n) is 12.0. The number of halogens is 2. The van der Waals surface area contributed by atoms with E-state index in [2.05, 4.69) is 37.4 Å². The average molecular weight is 538 g/mol. The quantitative estimate of drug-likeness (QED) is 0.223. The Morgan fingerprint density at radius 3 is 2.62 bits per heavy atom. The minimum absolute atomic E-state index is 0.0185. The molecule has 5 rings (SSSR count). The van der Waals surface area contributed by atoms with Gasteiger partial charge in [0.05, 0.1) is 24.9 Å². The van der Waals surface area contributed by atoms with Crippen molar-refractivity contribution >= 4 is 34.1 Å². The summed E-state index contributed by atoms with van der Waals surface area (Å²) in [6, 6.07) is 16.0. The van der Waals surface area contributed by atoms with Gasteiger partial charge in [0.25, 0.3) is 11.5 Å². The number of nitrogens with two attached hydrogens (primary N) is 1. The van der Waals surface area contributed by atoms with Gasteiger partial charge in [-0.05, 0) is 60.2 Å². The molecule has 40 heavy (non-hydrogen) atoms. The molecule has 4 N–H and O–H groups in total. The highest BCUT2D eigenvalue weighted by Gasteiger charge is 2.13. The number of aromatic nitrogens is 4. The fraction of sp³-hybridized carbons (Fsp3) is 0.0690. The van der Waals surface area contributed by atoms with Gasteiger partial charge >= 0.3 is 0 Å². The number of carbonyl (C=O) groups is 1. The molecule has 0 saturated heterocycles. The van der Waals surface area contributed by atoms with Crippen LogP contribution in [0.2, 0.25) is 0 Å². The third-order valence-electron chi connectivity index (χ3n) is 5.80. The smallest absolute Gasteiger partial charge is 0.266 e. The lowest BCUT2D eigenvalue weighted by atomic mass is 10.1. The molecule has 0 radical (unpaired) electrons. The van der Waals surface area contributed by atoms with Crippen molar-refractivity contribution in [2.45, 2.75) is 6.54 Å². The number of nitrogens with zero attached hydrogens (tertiary/aromatic N) is 4. The zero-order chi connectivity index (χ0) is 28.1. The van der Waals surface area contributed by atoms with Crippen LogP contribution in [0.25, 0.3) is 10.9 Å². The second-order valence-corrected chi connectivity index (χ2v) is 8.69. The number of carbonyl (C=O) groups excluding carboxylic acids is 1. The molecule has 0 aliphatic carbocycles. The Bertz CT molecular complexity index is 1840. The van der Waals surface area contributed by atoms with Crippen molar-refractivity contribution in [2.24, 2.45) is 0 Å². The molecule has 0 saturated carbocycles. The lowest BCUT2D eigenvalue weighted by Crippen LogP contribution is -2.33. The Kier molecular flexibility index (Phi) is 7.41. The van der Waals surface area contributed by atoms with Crippen LogP contribution in [0.3, 0.4) is 0 Å². The summed E-state index contributed by atoms with van der Waals surface area (Å²) >= 11 is 0. The number of rotatable bonds is 6. The number of nitrogen functional groups attached to an aromatic ring is 1. The number of nitrogens with one attached hydrogen (secondary N) is 2. The van der Waals surface area contributed by atoms with Gasteiger partial charge in [-0.3, -0.25) is 14.2 Å². The van der Waals surface area contributed by atoms with Crippen LogP contribution >= 0.6 is 0 Å². The van der Waals surface area contributed by atoms with Crippen LogP contribution in [-0.4, -0.2) is 32.0 Å². The van der Waals surface area contributed by atoms with Crippen LogP contribution in [0.4, 0.5) is 26.1 Å². The van der Waals surface area contributed by atoms with Gasteiger partial charge in [-0.1, -0.05) is 17.9 Å². The molecule has 11 heteroatoms. The van der Waals surface area contributed by atoms with Crippen LogP contribution in [0, 0.1) is 23.5 Å². The maximum Gasteiger partial charge on any atom is 0.266 e. The van der Waals surface area contributed by atoms with Gasteiger partial charge in [0.2, 0.25) is 5.95 Å². The second kappa shape index (κ2) is 11.4. The van der Waals surface area contributed by atoms with Gasteiger partial charge in [0.15, 0.2) is 11.6 Å². The third kappa shape index (κ3) is 6.08. The zero-order valence-corrected chi connectivity index (χ0v) is 20.9. The van der Waals surface area contributed by atoms with E-state index in [1.807, 2.05) is 24.3 Å². The highest BCUT2D eigenvalue weighted by atomic mass is 19.2. The fourth-order valence-corrected chi connectivity index (χ4v) is 3.79. The van der Waals surface area contributed by atoms with Gasteiger partial charge in [-0.15, -0.1) is 0 Å². The number of benzene rings is 3. The molecule has 0 bridgehead atoms. The number of amides is 1. The second-order valence-electron chi connectivity index (χ2n) is 8.69. The van der Waals surface area contributed by atoms with E-state index in [4.69, 9.17) is 5.73 Å². The maximum absolute atomic E-state index is 13.5. The number of fused-ring (bicyclic) bond motifs is 1. The van der Waals surface area contributed by atoms with E-state index in [1.54, 1.807) is 24.4 Å². The monoisotopic (exact) mass is 537 g/mol. The number of hydrogen-bond donors (Lipinski definition) is 3. The van der Waals surface area contributed by atoms with Crippen molar-refractivity contribution in [1.82, 2.24) is 24.8 Å². The minimum Gasteiger partial charge on any atom is -0.399 e. The summed E-state index contributed by atoms with van der Waals surface area (Å²) in [7, 11) is 0. The Hall–Kier alpha value is -5.63. The normalized spacial score (nSPS) is 10.6. The summed E-state index contributed by atoms with van der Waals surface area (Å²) in [4.78, 5) is 38.0. The van der Waals surface area contributed by atoms with Crippen LogP contribution in [-0.2, 0) is 6.54 Å². The largest absolute Gasteiger partial charge is 0.399 e. The Morgan fingerprint density at radius 1 is 1.00 bits per heavy atom. The predicted octanol–water partition coefficient (Wildman–Crippen LogP) is 3.62. The Morgan fingerprint density at radius 2 is 1.82 bits per heavy atom. The lowest BCUT2D eigenvalue weighted by molar-refractivity contribution is 0.0956. The summed E-state index contributed by atoms with van der Waals surface area (Å²) in [5, 5.41) is 6.48. The van der Waals surface area contributed by atoms with Crippen LogP contribution < -0.4 is 21.9 Å². The molecule has 198 valence electrons. The maximum atomic E-state index is 13.5. The molecule has 3 aromatic carbocycles. The fourth-order valence-electron chi connectivity index (χ4n) is 3.79. The van der Waals surface area contributed by atoms with Crippen molar-refractivity contribution in [3.05, 3.63) is 118 Å². The van der Waals surface area contributed by atoms with E-state index in [9.17, 15) is 18.4 Å². The van der Waals surface area contributed by atoms with Gasteiger partial charge in [0, 0.05) is 34.7 Å². The minimum atomic E-state index is -1.03. The molecule has 0 unspecified atom stereocenters. The molecule has 0 spiro atoms. The predicted molar refractivity (Wildman–Crippen MR) is 147 cm³/mol. The molecule has 2 heterocycles. The molecule has 2 aromatic heterocycles. The van der Waals surface area contributed by atoms with Crippen molar-refractivity contribution in [3.63, 3.8) is 0 Å². The highest BCUT2D eigenvalue weighted by molar-refractivity contribution is 5.93. The van der Waals surface area contributed by atoms with Crippen molar-refractivity contribution in [2.75, 3.05) is 17.6 Å². The first-order chi connectivity index (χ1) is 19.4. The topological polar surface area (TPSA) is 128 Å². The Balaban J connectivity index is 1.21. The summed E-state index contributed by atoms with van der Waals surface area (Å²) in [5.41, 5.74) is 8.14. The van der Waals surface area contributed by atoms with E-state index in [0.717, 1.165) is 39.5 Å². The van der Waals surface area contributed by atoms with Gasteiger partial charge < -0.3 is 16.4 Å². The highest BCUT2D eigenvalue weighted by Crippen LogP contribution is 2.18. The third-order valence-corrected chi connectivity index (χ3v) is 5.80. The van der Waals surface area contributed by atoms with Crippen molar-refractivity contribution in [3.8, 4) is 11.8 Å². The molecule has 0 fully saturated rings. The molecule has 1 amide bonds. The lowest BCUT2D eigenvalue weighted by Gasteiger charge is -2.08. The first-order valence-corrected chi connectivity index (χ1v) is 12.0. The standard InChI is InChI=1S/C29H21F2N7O2/c30-24-9-3-19(13-25(24)31)16-38-17-33-15-23(28(38)40)27(39)34-11-1-2-18-4-10-26-20(12-18)14-35-29(37-26)36-22-7-5-21(32)6-8-22/h3-10,12-15,17H,11,16,32H2,(H,34,39)(H,35,36,37). The average Bonchev–Trinajstić information content (AvgIpc) is 2.95. The summed E-state index contributed by atoms with van der Waals surface area (Å²) in [6.07, 6.45) is 4.05. The summed E-state index contributed by atoms with van der Waals surface area (Å²) in [6.45, 7) is -0.0934. The van der Waals surface area contributed by atoms with Gasteiger partial charge in [0.1, 0.15) is 5.56 Å². The van der Waals surface area contributed by atoms with E-state index < -0.39 is 23.1 Å². The summed E-state index contributed by atoms with van der Waals surface area (Å²) < 4.78 is 27.8. The molecule has 0 aliphatic rings. The molecule has 9 nitrogen and oxygen atoms in total. The molecule has 5 aromatic rings. The van der Waals surface area contributed by atoms with E-state index in [0.29, 0.717) is 22.8 Å². The molecule has 0 aliphatic heterocycles. The van der Waals surface area contributed by atoms with Crippen molar-refractivity contribution in [1.29, 1.82) is 0 Å². The molecular weight excluding hydrogens is 516 g/mol.